The maximum atomic E-state index is 11.7. The van der Waals surface area contributed by atoms with Crippen LogP contribution in [-0.2, 0) is 11.2 Å². The van der Waals surface area contributed by atoms with Gasteiger partial charge in [0.15, 0.2) is 0 Å². The number of benzene rings is 1. The SMILES string of the molecule is NC(=S)c1ccc(CC(=O)NCCCC2CC2)cc1. The van der Waals surface area contributed by atoms with Crippen molar-refractivity contribution < 1.29 is 4.79 Å². The third-order valence-electron chi connectivity index (χ3n) is 3.41. The molecule has 2 rings (SSSR count). The van der Waals surface area contributed by atoms with Crippen LogP contribution in [0.15, 0.2) is 24.3 Å². The molecular weight excluding hydrogens is 256 g/mol. The molecule has 0 aromatic heterocycles. The summed E-state index contributed by atoms with van der Waals surface area (Å²) >= 11 is 4.89. The van der Waals surface area contributed by atoms with Gasteiger partial charge in [0.2, 0.25) is 5.91 Å². The minimum absolute atomic E-state index is 0.0823. The summed E-state index contributed by atoms with van der Waals surface area (Å²) in [6.07, 6.45) is 5.52. The van der Waals surface area contributed by atoms with Gasteiger partial charge >= 0.3 is 0 Å². The van der Waals surface area contributed by atoms with Gasteiger partial charge in [-0.15, -0.1) is 0 Å². The molecular formula is C15H20N2OS. The van der Waals surface area contributed by atoms with Crippen LogP contribution in [0.25, 0.3) is 0 Å². The van der Waals surface area contributed by atoms with Gasteiger partial charge in [0.05, 0.1) is 6.42 Å². The lowest BCUT2D eigenvalue weighted by atomic mass is 10.1. The molecule has 1 fully saturated rings. The standard InChI is InChI=1S/C15H20N2OS/c16-15(19)13-7-5-12(6-8-13)10-14(18)17-9-1-2-11-3-4-11/h5-8,11H,1-4,9-10H2,(H2,16,19)(H,17,18). The molecule has 0 aliphatic heterocycles. The van der Waals surface area contributed by atoms with Crippen LogP contribution >= 0.6 is 12.2 Å². The van der Waals surface area contributed by atoms with Crippen LogP contribution < -0.4 is 11.1 Å². The third-order valence-corrected chi connectivity index (χ3v) is 3.65. The summed E-state index contributed by atoms with van der Waals surface area (Å²) in [4.78, 5) is 12.1. The van der Waals surface area contributed by atoms with Crippen molar-refractivity contribution in [2.24, 2.45) is 11.7 Å². The average molecular weight is 276 g/mol. The molecule has 0 radical (unpaired) electrons. The van der Waals surface area contributed by atoms with Crippen molar-refractivity contribution in [2.45, 2.75) is 32.1 Å². The highest BCUT2D eigenvalue weighted by atomic mass is 32.1. The van der Waals surface area contributed by atoms with Gasteiger partial charge in [-0.3, -0.25) is 4.79 Å². The molecule has 0 bridgehead atoms. The van der Waals surface area contributed by atoms with Gasteiger partial charge < -0.3 is 11.1 Å². The van der Waals surface area contributed by atoms with Crippen molar-refractivity contribution >= 4 is 23.1 Å². The maximum absolute atomic E-state index is 11.7. The normalized spacial score (nSPS) is 14.1. The quantitative estimate of drug-likeness (QED) is 0.593. The molecule has 0 heterocycles. The third kappa shape index (κ3) is 4.99. The fourth-order valence-corrected chi connectivity index (χ4v) is 2.20. The van der Waals surface area contributed by atoms with Gasteiger partial charge in [-0.05, 0) is 24.3 Å². The molecule has 0 saturated heterocycles. The van der Waals surface area contributed by atoms with Crippen LogP contribution in [0.1, 0.15) is 36.8 Å². The van der Waals surface area contributed by atoms with Crippen LogP contribution in [0.4, 0.5) is 0 Å². The number of amides is 1. The fourth-order valence-electron chi connectivity index (χ4n) is 2.06. The van der Waals surface area contributed by atoms with E-state index in [2.05, 4.69) is 5.32 Å². The Morgan fingerprint density at radius 3 is 2.58 bits per heavy atom. The smallest absolute Gasteiger partial charge is 0.224 e. The first kappa shape index (κ1) is 14.0. The Bertz CT molecular complexity index is 452. The van der Waals surface area contributed by atoms with E-state index in [4.69, 9.17) is 18.0 Å². The van der Waals surface area contributed by atoms with E-state index in [1.165, 1.54) is 19.3 Å². The Hall–Kier alpha value is -1.42. The zero-order valence-corrected chi connectivity index (χ0v) is 11.8. The molecule has 0 spiro atoms. The number of rotatable bonds is 7. The van der Waals surface area contributed by atoms with Crippen LogP contribution in [-0.4, -0.2) is 17.4 Å². The number of hydrogen-bond acceptors (Lipinski definition) is 2. The molecule has 3 nitrogen and oxygen atoms in total. The Morgan fingerprint density at radius 1 is 1.32 bits per heavy atom. The number of nitrogens with two attached hydrogens (primary N) is 1. The summed E-state index contributed by atoms with van der Waals surface area (Å²) < 4.78 is 0. The van der Waals surface area contributed by atoms with E-state index in [0.717, 1.165) is 30.0 Å². The minimum Gasteiger partial charge on any atom is -0.389 e. The molecule has 0 atom stereocenters. The Balaban J connectivity index is 1.69. The van der Waals surface area contributed by atoms with Crippen LogP contribution in [0.5, 0.6) is 0 Å². The van der Waals surface area contributed by atoms with Gasteiger partial charge in [-0.1, -0.05) is 49.3 Å². The summed E-state index contributed by atoms with van der Waals surface area (Å²) in [5.74, 6) is 1.02. The van der Waals surface area contributed by atoms with Crippen molar-refractivity contribution in [3.05, 3.63) is 35.4 Å². The summed E-state index contributed by atoms with van der Waals surface area (Å²) in [6.45, 7) is 0.792. The molecule has 19 heavy (non-hydrogen) atoms. The topological polar surface area (TPSA) is 55.1 Å². The average Bonchev–Trinajstić information content (AvgIpc) is 3.19. The number of carbonyl (C=O) groups is 1. The van der Waals surface area contributed by atoms with E-state index in [1.54, 1.807) is 0 Å². The predicted octanol–water partition coefficient (Wildman–Crippen LogP) is 2.17. The minimum atomic E-state index is 0.0823. The second-order valence-corrected chi connectivity index (χ2v) is 5.61. The van der Waals surface area contributed by atoms with Crippen molar-refractivity contribution in [2.75, 3.05) is 6.54 Å². The first-order valence-corrected chi connectivity index (χ1v) is 7.21. The van der Waals surface area contributed by atoms with E-state index >= 15 is 0 Å². The van der Waals surface area contributed by atoms with Crippen LogP contribution in [0.2, 0.25) is 0 Å². The van der Waals surface area contributed by atoms with Gasteiger partial charge in [-0.25, -0.2) is 0 Å². The van der Waals surface area contributed by atoms with Crippen LogP contribution in [0, 0.1) is 5.92 Å². The first-order chi connectivity index (χ1) is 9.15. The van der Waals surface area contributed by atoms with Crippen molar-refractivity contribution in [1.82, 2.24) is 5.32 Å². The summed E-state index contributed by atoms with van der Waals surface area (Å²) in [5, 5.41) is 2.96. The lowest BCUT2D eigenvalue weighted by molar-refractivity contribution is -0.120. The predicted molar refractivity (Wildman–Crippen MR) is 81.0 cm³/mol. The number of nitrogens with one attached hydrogen (secondary N) is 1. The molecule has 4 heteroatoms. The molecule has 1 saturated carbocycles. The summed E-state index contributed by atoms with van der Waals surface area (Å²) in [7, 11) is 0. The molecule has 3 N–H and O–H groups in total. The highest BCUT2D eigenvalue weighted by Crippen LogP contribution is 2.33. The van der Waals surface area contributed by atoms with Gasteiger partial charge in [0.1, 0.15) is 4.99 Å². The molecule has 1 aliphatic carbocycles. The van der Waals surface area contributed by atoms with Crippen molar-refractivity contribution in [3.8, 4) is 0 Å². The lowest BCUT2D eigenvalue weighted by Gasteiger charge is -2.06. The van der Waals surface area contributed by atoms with E-state index in [1.807, 2.05) is 24.3 Å². The van der Waals surface area contributed by atoms with E-state index in [-0.39, 0.29) is 5.91 Å². The Morgan fingerprint density at radius 2 is 2.00 bits per heavy atom. The summed E-state index contributed by atoms with van der Waals surface area (Å²) in [6, 6.07) is 7.52. The number of hydrogen-bond donors (Lipinski definition) is 2. The number of carbonyl (C=O) groups excluding carboxylic acids is 1. The maximum Gasteiger partial charge on any atom is 0.224 e. The van der Waals surface area contributed by atoms with E-state index < -0.39 is 0 Å². The zero-order chi connectivity index (χ0) is 13.7. The molecule has 1 aliphatic rings. The van der Waals surface area contributed by atoms with Crippen molar-refractivity contribution in [3.63, 3.8) is 0 Å². The highest BCUT2D eigenvalue weighted by molar-refractivity contribution is 7.80. The largest absolute Gasteiger partial charge is 0.389 e. The van der Waals surface area contributed by atoms with Crippen LogP contribution in [0.3, 0.4) is 0 Å². The van der Waals surface area contributed by atoms with Gasteiger partial charge in [-0.2, -0.15) is 0 Å². The fraction of sp³-hybridized carbons (Fsp3) is 0.467. The molecule has 1 aromatic rings. The monoisotopic (exact) mass is 276 g/mol. The lowest BCUT2D eigenvalue weighted by Crippen LogP contribution is -2.26. The molecule has 102 valence electrons. The summed E-state index contributed by atoms with van der Waals surface area (Å²) in [5.41, 5.74) is 7.35. The van der Waals surface area contributed by atoms with Crippen molar-refractivity contribution in [1.29, 1.82) is 0 Å². The molecule has 1 aromatic carbocycles. The zero-order valence-electron chi connectivity index (χ0n) is 11.0. The van der Waals surface area contributed by atoms with Gasteiger partial charge in [0.25, 0.3) is 0 Å². The second-order valence-electron chi connectivity index (χ2n) is 5.17. The Labute approximate surface area is 119 Å². The molecule has 0 unspecified atom stereocenters. The molecule has 1 amide bonds. The Kier molecular flexibility index (Phi) is 4.91. The number of thiocarbonyl (C=S) groups is 1. The first-order valence-electron chi connectivity index (χ1n) is 6.80. The highest BCUT2D eigenvalue weighted by Gasteiger charge is 2.20. The van der Waals surface area contributed by atoms with E-state index in [0.29, 0.717) is 11.4 Å². The van der Waals surface area contributed by atoms with E-state index in [9.17, 15) is 4.79 Å². The van der Waals surface area contributed by atoms with Gasteiger partial charge in [0, 0.05) is 12.1 Å². The second kappa shape index (κ2) is 6.66.